The molecule has 0 saturated heterocycles. The van der Waals surface area contributed by atoms with Crippen LogP contribution in [0.2, 0.25) is 0 Å². The molecule has 0 heterocycles. The number of carbonyl (C=O) groups is 1. The van der Waals surface area contributed by atoms with Crippen molar-refractivity contribution in [2.75, 3.05) is 33.8 Å². The largest absolute Gasteiger partial charge is 0.469 e. The van der Waals surface area contributed by atoms with Crippen LogP contribution in [0, 0.1) is 0 Å². The van der Waals surface area contributed by atoms with Gasteiger partial charge in [0, 0.05) is 13.0 Å². The van der Waals surface area contributed by atoms with E-state index in [1.54, 1.807) is 0 Å². The molecule has 0 aliphatic rings. The van der Waals surface area contributed by atoms with Gasteiger partial charge in [0.15, 0.2) is 0 Å². The topological polar surface area (TPSA) is 41.6 Å². The van der Waals surface area contributed by atoms with Crippen molar-refractivity contribution in [1.29, 1.82) is 0 Å². The molecule has 1 rings (SSSR count). The monoisotopic (exact) mass is 278 g/mol. The second-order valence-electron chi connectivity index (χ2n) is 5.01. The highest BCUT2D eigenvalue weighted by molar-refractivity contribution is 5.69. The zero-order chi connectivity index (χ0) is 14.6. The number of benzene rings is 1. The lowest BCUT2D eigenvalue weighted by Crippen LogP contribution is -2.24. The third kappa shape index (κ3) is 7.92. The van der Waals surface area contributed by atoms with Crippen LogP contribution in [-0.4, -0.2) is 44.7 Å². The van der Waals surface area contributed by atoms with E-state index in [9.17, 15) is 4.79 Å². The summed E-state index contributed by atoms with van der Waals surface area (Å²) in [7, 11) is 3.57. The highest BCUT2D eigenvalue weighted by atomic mass is 16.5. The minimum atomic E-state index is -0.130. The molecule has 0 aliphatic heterocycles. The average Bonchev–Trinajstić information content (AvgIpc) is 2.47. The standard InChI is InChI=1S/C16H26N2O2/c1-18(14-15-8-4-3-5-9-15)13-7-12-17-11-6-10-16(19)20-2/h3-5,8-9,17H,6-7,10-14H2,1-2H3. The molecule has 20 heavy (non-hydrogen) atoms. The van der Waals surface area contributed by atoms with Crippen LogP contribution >= 0.6 is 0 Å². The average molecular weight is 278 g/mol. The number of nitrogens with zero attached hydrogens (tertiary/aromatic N) is 1. The molecule has 4 nitrogen and oxygen atoms in total. The fourth-order valence-electron chi connectivity index (χ4n) is 2.03. The summed E-state index contributed by atoms with van der Waals surface area (Å²) in [6.07, 6.45) is 2.45. The first-order valence-electron chi connectivity index (χ1n) is 7.22. The van der Waals surface area contributed by atoms with Gasteiger partial charge in [0.25, 0.3) is 0 Å². The maximum Gasteiger partial charge on any atom is 0.305 e. The maximum absolute atomic E-state index is 10.9. The number of nitrogens with one attached hydrogen (secondary N) is 1. The molecule has 0 saturated carbocycles. The van der Waals surface area contributed by atoms with Crippen molar-refractivity contribution in [1.82, 2.24) is 10.2 Å². The van der Waals surface area contributed by atoms with Crippen LogP contribution in [0.3, 0.4) is 0 Å². The summed E-state index contributed by atoms with van der Waals surface area (Å²) in [5.41, 5.74) is 1.35. The van der Waals surface area contributed by atoms with Gasteiger partial charge >= 0.3 is 5.97 Å². The van der Waals surface area contributed by atoms with Gasteiger partial charge in [-0.25, -0.2) is 0 Å². The Bertz CT molecular complexity index is 368. The van der Waals surface area contributed by atoms with Crippen molar-refractivity contribution in [3.05, 3.63) is 35.9 Å². The molecule has 112 valence electrons. The Morgan fingerprint density at radius 1 is 1.20 bits per heavy atom. The minimum Gasteiger partial charge on any atom is -0.469 e. The van der Waals surface area contributed by atoms with Gasteiger partial charge in [-0.2, -0.15) is 0 Å². The number of hydrogen-bond donors (Lipinski definition) is 1. The molecular weight excluding hydrogens is 252 g/mol. The van der Waals surface area contributed by atoms with E-state index < -0.39 is 0 Å². The molecule has 0 amide bonds. The molecule has 0 fully saturated rings. The molecule has 0 unspecified atom stereocenters. The number of ether oxygens (including phenoxy) is 1. The summed E-state index contributed by atoms with van der Waals surface area (Å²) in [5, 5.41) is 3.35. The Balaban J connectivity index is 1.97. The van der Waals surface area contributed by atoms with Crippen molar-refractivity contribution in [2.45, 2.75) is 25.8 Å². The van der Waals surface area contributed by atoms with Crippen LogP contribution < -0.4 is 5.32 Å². The lowest BCUT2D eigenvalue weighted by molar-refractivity contribution is -0.140. The minimum absolute atomic E-state index is 0.130. The second-order valence-corrected chi connectivity index (χ2v) is 5.01. The third-order valence-electron chi connectivity index (χ3n) is 3.15. The van der Waals surface area contributed by atoms with Crippen molar-refractivity contribution < 1.29 is 9.53 Å². The SMILES string of the molecule is COC(=O)CCCNCCCN(C)Cc1ccccc1. The van der Waals surface area contributed by atoms with E-state index >= 15 is 0 Å². The molecule has 0 aromatic heterocycles. The van der Waals surface area contributed by atoms with E-state index in [1.807, 2.05) is 6.07 Å². The highest BCUT2D eigenvalue weighted by Crippen LogP contribution is 2.02. The summed E-state index contributed by atoms with van der Waals surface area (Å²) >= 11 is 0. The van der Waals surface area contributed by atoms with Crippen molar-refractivity contribution in [3.8, 4) is 0 Å². The predicted molar refractivity (Wildman–Crippen MR) is 81.5 cm³/mol. The van der Waals surface area contributed by atoms with Crippen LogP contribution in [0.15, 0.2) is 30.3 Å². The molecule has 4 heteroatoms. The molecule has 0 aliphatic carbocycles. The van der Waals surface area contributed by atoms with E-state index in [0.717, 1.165) is 39.0 Å². The summed E-state index contributed by atoms with van der Waals surface area (Å²) in [5.74, 6) is -0.130. The zero-order valence-corrected chi connectivity index (χ0v) is 12.6. The lowest BCUT2D eigenvalue weighted by Gasteiger charge is -2.16. The van der Waals surface area contributed by atoms with Crippen LogP contribution in [0.4, 0.5) is 0 Å². The van der Waals surface area contributed by atoms with Crippen LogP contribution in [-0.2, 0) is 16.1 Å². The third-order valence-corrected chi connectivity index (χ3v) is 3.15. The van der Waals surface area contributed by atoms with Gasteiger partial charge in [0.05, 0.1) is 7.11 Å². The number of esters is 1. The van der Waals surface area contributed by atoms with Crippen LogP contribution in [0.25, 0.3) is 0 Å². The number of carbonyl (C=O) groups excluding carboxylic acids is 1. The van der Waals surface area contributed by atoms with Gasteiger partial charge in [-0.15, -0.1) is 0 Å². The first-order chi connectivity index (χ1) is 9.72. The van der Waals surface area contributed by atoms with Gasteiger partial charge in [0.2, 0.25) is 0 Å². The quantitative estimate of drug-likeness (QED) is 0.525. The van der Waals surface area contributed by atoms with Gasteiger partial charge in [0.1, 0.15) is 0 Å². The Kier molecular flexibility index (Phi) is 8.67. The number of rotatable bonds is 10. The molecule has 1 aromatic rings. The zero-order valence-electron chi connectivity index (χ0n) is 12.6. The van der Waals surface area contributed by atoms with Crippen molar-refractivity contribution >= 4 is 5.97 Å². The van der Waals surface area contributed by atoms with Crippen LogP contribution in [0.5, 0.6) is 0 Å². The molecule has 1 aromatic carbocycles. The molecule has 0 radical (unpaired) electrons. The molecule has 0 bridgehead atoms. The van der Waals surface area contributed by atoms with E-state index in [1.165, 1.54) is 12.7 Å². The fourth-order valence-corrected chi connectivity index (χ4v) is 2.03. The summed E-state index contributed by atoms with van der Waals surface area (Å²) in [4.78, 5) is 13.2. The van der Waals surface area contributed by atoms with Gasteiger partial charge in [-0.05, 0) is 45.1 Å². The van der Waals surface area contributed by atoms with Crippen LogP contribution in [0.1, 0.15) is 24.8 Å². The van der Waals surface area contributed by atoms with E-state index in [-0.39, 0.29) is 5.97 Å². The van der Waals surface area contributed by atoms with E-state index in [0.29, 0.717) is 6.42 Å². The van der Waals surface area contributed by atoms with Gasteiger partial charge in [-0.1, -0.05) is 30.3 Å². The summed E-state index contributed by atoms with van der Waals surface area (Å²) < 4.78 is 4.59. The summed E-state index contributed by atoms with van der Waals surface area (Å²) in [6.45, 7) is 3.92. The van der Waals surface area contributed by atoms with Gasteiger partial charge in [-0.3, -0.25) is 4.79 Å². The Labute approximate surface area is 122 Å². The molecule has 0 atom stereocenters. The van der Waals surface area contributed by atoms with Crippen molar-refractivity contribution in [2.24, 2.45) is 0 Å². The molecular formula is C16H26N2O2. The first kappa shape index (κ1) is 16.7. The van der Waals surface area contributed by atoms with Crippen molar-refractivity contribution in [3.63, 3.8) is 0 Å². The van der Waals surface area contributed by atoms with E-state index in [2.05, 4.69) is 46.3 Å². The van der Waals surface area contributed by atoms with E-state index in [4.69, 9.17) is 0 Å². The predicted octanol–water partition coefficient (Wildman–Crippen LogP) is 2.05. The highest BCUT2D eigenvalue weighted by Gasteiger charge is 2.00. The Morgan fingerprint density at radius 2 is 1.90 bits per heavy atom. The smallest absolute Gasteiger partial charge is 0.305 e. The first-order valence-corrected chi connectivity index (χ1v) is 7.22. The second kappa shape index (κ2) is 10.4. The normalized spacial score (nSPS) is 10.8. The molecule has 1 N–H and O–H groups in total. The lowest BCUT2D eigenvalue weighted by atomic mass is 10.2. The summed E-state index contributed by atoms with van der Waals surface area (Å²) in [6, 6.07) is 10.5. The Hall–Kier alpha value is -1.39. The van der Waals surface area contributed by atoms with Gasteiger partial charge < -0.3 is 15.0 Å². The number of hydrogen-bond acceptors (Lipinski definition) is 4. The molecule has 0 spiro atoms. The maximum atomic E-state index is 10.9. The Morgan fingerprint density at radius 3 is 2.60 bits per heavy atom. The fraction of sp³-hybridized carbons (Fsp3) is 0.562. The number of methoxy groups -OCH3 is 1.